The van der Waals surface area contributed by atoms with Crippen molar-refractivity contribution in [1.82, 2.24) is 9.55 Å². The number of anilines is 1. The van der Waals surface area contributed by atoms with E-state index in [1.54, 1.807) is 17.8 Å². The van der Waals surface area contributed by atoms with Gasteiger partial charge in [0.2, 0.25) is 5.78 Å². The average Bonchev–Trinajstić information content (AvgIpc) is 3.04. The summed E-state index contributed by atoms with van der Waals surface area (Å²) in [5.41, 5.74) is 0.262. The van der Waals surface area contributed by atoms with Crippen molar-refractivity contribution in [3.05, 3.63) is 52.1 Å². The number of nitro benzene ring substituents is 1. The molecule has 8 heteroatoms. The Balaban J connectivity index is 2.36. The fourth-order valence-electron chi connectivity index (χ4n) is 2.51. The van der Waals surface area contributed by atoms with Crippen LogP contribution in [0, 0.1) is 16.0 Å². The summed E-state index contributed by atoms with van der Waals surface area (Å²) in [6, 6.07) is 3.96. The molecule has 0 amide bonds. The molecule has 2 atom stereocenters. The van der Waals surface area contributed by atoms with Crippen molar-refractivity contribution in [3.63, 3.8) is 0 Å². The molecule has 0 unspecified atom stereocenters. The Hall–Kier alpha value is -2.74. The van der Waals surface area contributed by atoms with E-state index in [0.29, 0.717) is 0 Å². The van der Waals surface area contributed by atoms with Crippen molar-refractivity contribution in [2.24, 2.45) is 13.0 Å². The summed E-state index contributed by atoms with van der Waals surface area (Å²) in [6.45, 7) is 3.80. The fourth-order valence-corrected chi connectivity index (χ4v) is 2.51. The molecule has 0 aliphatic carbocycles. The second kappa shape index (κ2) is 7.89. The van der Waals surface area contributed by atoms with Gasteiger partial charge >= 0.3 is 0 Å². The highest BCUT2D eigenvalue weighted by molar-refractivity contribution is 6.07. The number of aryl methyl sites for hydroxylation is 1. The summed E-state index contributed by atoms with van der Waals surface area (Å²) in [6.07, 6.45) is 3.95. The molecule has 0 aliphatic heterocycles. The smallest absolute Gasteiger partial charge is 0.293 e. The Morgan fingerprint density at radius 1 is 1.48 bits per heavy atom. The van der Waals surface area contributed by atoms with Crippen LogP contribution in [0.2, 0.25) is 0 Å². The third-order valence-electron chi connectivity index (χ3n) is 4.35. The Kier molecular flexibility index (Phi) is 5.87. The predicted molar refractivity (Wildman–Crippen MR) is 93.7 cm³/mol. The molecule has 8 nitrogen and oxygen atoms in total. The lowest BCUT2D eigenvalue weighted by atomic mass is 9.99. The van der Waals surface area contributed by atoms with Crippen LogP contribution in [-0.2, 0) is 7.05 Å². The van der Waals surface area contributed by atoms with Crippen LogP contribution in [-0.4, -0.2) is 38.0 Å². The van der Waals surface area contributed by atoms with Gasteiger partial charge in [-0.25, -0.2) is 4.98 Å². The first-order valence-electron chi connectivity index (χ1n) is 8.06. The molecule has 2 aromatic rings. The fraction of sp³-hybridized carbons (Fsp3) is 0.412. The van der Waals surface area contributed by atoms with Crippen molar-refractivity contribution in [2.45, 2.75) is 26.3 Å². The van der Waals surface area contributed by atoms with Gasteiger partial charge in [0.1, 0.15) is 5.69 Å². The molecule has 1 heterocycles. The van der Waals surface area contributed by atoms with Gasteiger partial charge in [-0.05, 0) is 18.1 Å². The highest BCUT2D eigenvalue weighted by atomic mass is 16.6. The first kappa shape index (κ1) is 18.6. The maximum atomic E-state index is 12.5. The van der Waals surface area contributed by atoms with E-state index in [2.05, 4.69) is 10.3 Å². The third kappa shape index (κ3) is 4.03. The van der Waals surface area contributed by atoms with Crippen LogP contribution in [0.1, 0.15) is 36.5 Å². The van der Waals surface area contributed by atoms with Crippen LogP contribution >= 0.6 is 0 Å². The van der Waals surface area contributed by atoms with Crippen molar-refractivity contribution in [1.29, 1.82) is 0 Å². The van der Waals surface area contributed by atoms with Gasteiger partial charge in [-0.2, -0.15) is 0 Å². The Labute approximate surface area is 145 Å². The number of rotatable bonds is 8. The first-order chi connectivity index (χ1) is 11.9. The predicted octanol–water partition coefficient (Wildman–Crippen LogP) is 2.38. The van der Waals surface area contributed by atoms with Crippen LogP contribution in [0.25, 0.3) is 0 Å². The van der Waals surface area contributed by atoms with E-state index in [4.69, 9.17) is 0 Å². The number of aromatic nitrogens is 2. The van der Waals surface area contributed by atoms with Crippen molar-refractivity contribution >= 4 is 17.2 Å². The molecular formula is C17H22N4O4. The number of hydrogen-bond acceptors (Lipinski definition) is 6. The molecular weight excluding hydrogens is 324 g/mol. The zero-order valence-electron chi connectivity index (χ0n) is 14.5. The molecule has 0 fully saturated rings. The SMILES string of the molecule is CC[C@@H](C)[C@H](CO)Nc1ccc(C(=O)c2nccn2C)cc1[N+](=O)[O-]. The van der Waals surface area contributed by atoms with E-state index in [0.717, 1.165) is 6.42 Å². The number of hydrogen-bond donors (Lipinski definition) is 2. The highest BCUT2D eigenvalue weighted by Gasteiger charge is 2.23. The van der Waals surface area contributed by atoms with Gasteiger partial charge in [0.05, 0.1) is 17.6 Å². The van der Waals surface area contributed by atoms with Crippen LogP contribution in [0.4, 0.5) is 11.4 Å². The van der Waals surface area contributed by atoms with E-state index in [-0.39, 0.29) is 47.1 Å². The normalized spacial score (nSPS) is 13.3. The number of nitrogens with zero attached hydrogens (tertiary/aromatic N) is 3. The lowest BCUT2D eigenvalue weighted by Gasteiger charge is -2.23. The number of imidazole rings is 1. The summed E-state index contributed by atoms with van der Waals surface area (Å²) in [5.74, 6) is -0.0379. The van der Waals surface area contributed by atoms with Crippen molar-refractivity contribution < 1.29 is 14.8 Å². The summed E-state index contributed by atoms with van der Waals surface area (Å²) in [5, 5.41) is 24.0. The van der Waals surface area contributed by atoms with Gasteiger partial charge in [0, 0.05) is 31.1 Å². The number of aliphatic hydroxyl groups is 1. The topological polar surface area (TPSA) is 110 Å². The average molecular weight is 346 g/mol. The molecule has 25 heavy (non-hydrogen) atoms. The second-order valence-electron chi connectivity index (χ2n) is 6.00. The van der Waals surface area contributed by atoms with Gasteiger partial charge in [0.15, 0.2) is 5.82 Å². The van der Waals surface area contributed by atoms with E-state index in [9.17, 15) is 20.0 Å². The number of nitro groups is 1. The molecule has 134 valence electrons. The molecule has 2 rings (SSSR count). The monoisotopic (exact) mass is 346 g/mol. The number of aliphatic hydroxyl groups excluding tert-OH is 1. The third-order valence-corrected chi connectivity index (χ3v) is 4.35. The molecule has 0 saturated heterocycles. The molecule has 2 N–H and O–H groups in total. The number of benzene rings is 1. The molecule has 0 saturated carbocycles. The molecule has 0 radical (unpaired) electrons. The Morgan fingerprint density at radius 3 is 2.72 bits per heavy atom. The zero-order valence-corrected chi connectivity index (χ0v) is 14.5. The maximum Gasteiger partial charge on any atom is 0.293 e. The molecule has 1 aromatic heterocycles. The molecule has 0 spiro atoms. The van der Waals surface area contributed by atoms with E-state index in [1.165, 1.54) is 24.4 Å². The van der Waals surface area contributed by atoms with Gasteiger partial charge in [-0.15, -0.1) is 0 Å². The quantitative estimate of drug-likeness (QED) is 0.431. The van der Waals surface area contributed by atoms with Crippen LogP contribution in [0.5, 0.6) is 0 Å². The largest absolute Gasteiger partial charge is 0.394 e. The second-order valence-corrected chi connectivity index (χ2v) is 6.00. The molecule has 1 aromatic carbocycles. The molecule has 0 aliphatic rings. The zero-order chi connectivity index (χ0) is 18.6. The summed E-state index contributed by atoms with van der Waals surface area (Å²) >= 11 is 0. The van der Waals surface area contributed by atoms with Crippen LogP contribution in [0.3, 0.4) is 0 Å². The summed E-state index contributed by atoms with van der Waals surface area (Å²) < 4.78 is 1.56. The van der Waals surface area contributed by atoms with E-state index < -0.39 is 4.92 Å². The minimum Gasteiger partial charge on any atom is -0.394 e. The van der Waals surface area contributed by atoms with Gasteiger partial charge in [-0.3, -0.25) is 14.9 Å². The lowest BCUT2D eigenvalue weighted by Crippen LogP contribution is -2.31. The minimum absolute atomic E-state index is 0.137. The molecule has 0 bridgehead atoms. The Bertz CT molecular complexity index is 772. The maximum absolute atomic E-state index is 12.5. The first-order valence-corrected chi connectivity index (χ1v) is 8.06. The van der Waals surface area contributed by atoms with Crippen LogP contribution in [0.15, 0.2) is 30.6 Å². The van der Waals surface area contributed by atoms with E-state index >= 15 is 0 Å². The number of carbonyl (C=O) groups excluding carboxylic acids is 1. The van der Waals surface area contributed by atoms with Crippen molar-refractivity contribution in [3.8, 4) is 0 Å². The highest BCUT2D eigenvalue weighted by Crippen LogP contribution is 2.28. The lowest BCUT2D eigenvalue weighted by molar-refractivity contribution is -0.384. The standard InChI is InChI=1S/C17H22N4O4/c1-4-11(2)14(10-22)19-13-6-5-12(9-15(13)21(24)25)16(23)17-18-7-8-20(17)3/h5-9,11,14,19,22H,4,10H2,1-3H3/t11-,14+/m1/s1. The number of ketones is 1. The van der Waals surface area contributed by atoms with E-state index in [1.807, 2.05) is 13.8 Å². The summed E-state index contributed by atoms with van der Waals surface area (Å²) in [7, 11) is 1.68. The Morgan fingerprint density at radius 2 is 2.20 bits per heavy atom. The number of carbonyl (C=O) groups is 1. The van der Waals surface area contributed by atoms with Gasteiger partial charge in [0.25, 0.3) is 5.69 Å². The van der Waals surface area contributed by atoms with Gasteiger partial charge in [-0.1, -0.05) is 20.3 Å². The van der Waals surface area contributed by atoms with Gasteiger partial charge < -0.3 is 15.0 Å². The number of nitrogens with one attached hydrogen (secondary N) is 1. The van der Waals surface area contributed by atoms with Crippen LogP contribution < -0.4 is 5.32 Å². The van der Waals surface area contributed by atoms with Crippen molar-refractivity contribution in [2.75, 3.05) is 11.9 Å². The summed E-state index contributed by atoms with van der Waals surface area (Å²) in [4.78, 5) is 27.4. The minimum atomic E-state index is -0.539.